The summed E-state index contributed by atoms with van der Waals surface area (Å²) in [4.78, 5) is 4.62. The number of methoxy groups -OCH3 is 1. The number of aryl methyl sites for hydroxylation is 2. The summed E-state index contributed by atoms with van der Waals surface area (Å²) in [5.41, 5.74) is 3.22. The third kappa shape index (κ3) is 5.01. The van der Waals surface area contributed by atoms with Crippen LogP contribution in [0.25, 0.3) is 0 Å². The normalized spacial score (nSPS) is 11.4. The van der Waals surface area contributed by atoms with Gasteiger partial charge in [-0.2, -0.15) is 0 Å². The van der Waals surface area contributed by atoms with Crippen LogP contribution in [0.1, 0.15) is 29.5 Å². The Morgan fingerprint density at radius 3 is 2.79 bits per heavy atom. The maximum Gasteiger partial charge on any atom is 0.191 e. The van der Waals surface area contributed by atoms with Crippen molar-refractivity contribution in [1.82, 2.24) is 15.8 Å². The smallest absolute Gasteiger partial charge is 0.191 e. The van der Waals surface area contributed by atoms with Gasteiger partial charge in [-0.15, -0.1) is 0 Å². The minimum atomic E-state index is 0.595. The van der Waals surface area contributed by atoms with Gasteiger partial charge in [-0.05, 0) is 44.9 Å². The van der Waals surface area contributed by atoms with E-state index in [2.05, 4.69) is 27.7 Å². The number of aromatic nitrogens is 1. The second kappa shape index (κ2) is 8.96. The Hall–Kier alpha value is -2.50. The predicted octanol–water partition coefficient (Wildman–Crippen LogP) is 2.60. The average molecular weight is 330 g/mol. The van der Waals surface area contributed by atoms with E-state index in [-0.39, 0.29) is 0 Å². The molecule has 2 N–H and O–H groups in total. The molecular weight excluding hydrogens is 304 g/mol. The summed E-state index contributed by atoms with van der Waals surface area (Å²) in [7, 11) is 1.67. The number of benzene rings is 1. The van der Waals surface area contributed by atoms with Crippen molar-refractivity contribution in [1.29, 1.82) is 0 Å². The van der Waals surface area contributed by atoms with Crippen molar-refractivity contribution in [3.05, 3.63) is 46.8 Å². The topological polar surface area (TPSA) is 71.7 Å². The molecule has 0 atom stereocenters. The third-order valence-electron chi connectivity index (χ3n) is 3.75. The van der Waals surface area contributed by atoms with Crippen molar-refractivity contribution >= 4 is 5.96 Å². The van der Waals surface area contributed by atoms with Crippen molar-refractivity contribution in [2.75, 3.05) is 20.2 Å². The van der Waals surface area contributed by atoms with Crippen LogP contribution in [0, 0.1) is 13.8 Å². The molecule has 0 unspecified atom stereocenters. The molecule has 0 bridgehead atoms. The number of hydrogen-bond acceptors (Lipinski definition) is 4. The average Bonchev–Trinajstić information content (AvgIpc) is 2.91. The number of ether oxygens (including phenoxy) is 1. The van der Waals surface area contributed by atoms with Gasteiger partial charge in [0.05, 0.1) is 19.3 Å². The molecule has 130 valence electrons. The summed E-state index contributed by atoms with van der Waals surface area (Å²) in [6.45, 7) is 8.14. The van der Waals surface area contributed by atoms with E-state index < -0.39 is 0 Å². The largest absolute Gasteiger partial charge is 0.497 e. The zero-order chi connectivity index (χ0) is 17.4. The molecule has 6 heteroatoms. The third-order valence-corrected chi connectivity index (χ3v) is 3.75. The Kier molecular flexibility index (Phi) is 6.66. The lowest BCUT2D eigenvalue weighted by atomic mass is 10.1. The summed E-state index contributed by atoms with van der Waals surface area (Å²) in [6, 6.07) is 7.94. The fourth-order valence-corrected chi connectivity index (χ4v) is 2.45. The van der Waals surface area contributed by atoms with Crippen molar-refractivity contribution in [3.63, 3.8) is 0 Å². The van der Waals surface area contributed by atoms with Crippen molar-refractivity contribution in [3.8, 4) is 5.75 Å². The zero-order valence-electron chi connectivity index (χ0n) is 14.8. The monoisotopic (exact) mass is 330 g/mol. The molecule has 0 aliphatic heterocycles. The van der Waals surface area contributed by atoms with E-state index in [1.165, 1.54) is 0 Å². The molecule has 1 heterocycles. The van der Waals surface area contributed by atoms with Gasteiger partial charge in [-0.25, -0.2) is 4.99 Å². The van der Waals surface area contributed by atoms with E-state index in [9.17, 15) is 0 Å². The van der Waals surface area contributed by atoms with Gasteiger partial charge < -0.3 is 19.9 Å². The number of guanidine groups is 1. The molecule has 2 rings (SSSR count). The van der Waals surface area contributed by atoms with Crippen LogP contribution in [0.15, 0.2) is 33.8 Å². The Morgan fingerprint density at radius 2 is 2.12 bits per heavy atom. The molecule has 0 fully saturated rings. The molecule has 6 nitrogen and oxygen atoms in total. The fraction of sp³-hybridized carbons (Fsp3) is 0.444. The summed E-state index contributed by atoms with van der Waals surface area (Å²) in [6.07, 6.45) is 0.852. The molecule has 0 radical (unpaired) electrons. The van der Waals surface area contributed by atoms with Crippen LogP contribution in [0.2, 0.25) is 0 Å². The van der Waals surface area contributed by atoms with Gasteiger partial charge in [-0.3, -0.25) is 0 Å². The first kappa shape index (κ1) is 17.8. The highest BCUT2D eigenvalue weighted by atomic mass is 16.5. The van der Waals surface area contributed by atoms with Crippen LogP contribution in [0.3, 0.4) is 0 Å². The molecule has 0 saturated carbocycles. The standard InChI is InChI=1S/C18H26N4O2/c1-5-19-18(20-10-9-17-13(2)22-24-14(17)3)21-12-15-7-6-8-16(11-15)23-4/h6-8,11H,5,9-10,12H2,1-4H3,(H2,19,20,21). The van der Waals surface area contributed by atoms with Crippen LogP contribution in [-0.2, 0) is 13.0 Å². The first-order valence-corrected chi connectivity index (χ1v) is 8.21. The summed E-state index contributed by atoms with van der Waals surface area (Å²) < 4.78 is 10.4. The van der Waals surface area contributed by atoms with Gasteiger partial charge in [0.15, 0.2) is 5.96 Å². The molecule has 0 aliphatic rings. The Labute approximate surface area is 143 Å². The number of hydrogen-bond donors (Lipinski definition) is 2. The van der Waals surface area contributed by atoms with Crippen LogP contribution in [0.4, 0.5) is 0 Å². The van der Waals surface area contributed by atoms with E-state index in [1.807, 2.05) is 38.1 Å². The molecule has 1 aromatic carbocycles. The minimum Gasteiger partial charge on any atom is -0.497 e. The quantitative estimate of drug-likeness (QED) is 0.603. The molecule has 0 saturated heterocycles. The van der Waals surface area contributed by atoms with Gasteiger partial charge in [0.25, 0.3) is 0 Å². The van der Waals surface area contributed by atoms with Crippen LogP contribution in [0.5, 0.6) is 5.75 Å². The lowest BCUT2D eigenvalue weighted by molar-refractivity contribution is 0.392. The van der Waals surface area contributed by atoms with E-state index in [0.717, 1.165) is 53.8 Å². The Bertz CT molecular complexity index is 660. The number of nitrogens with zero attached hydrogens (tertiary/aromatic N) is 2. The predicted molar refractivity (Wildman–Crippen MR) is 95.5 cm³/mol. The Morgan fingerprint density at radius 1 is 1.29 bits per heavy atom. The summed E-state index contributed by atoms with van der Waals surface area (Å²) in [5, 5.41) is 10.6. The van der Waals surface area contributed by atoms with Gasteiger partial charge in [-0.1, -0.05) is 17.3 Å². The molecular formula is C18H26N4O2. The summed E-state index contributed by atoms with van der Waals surface area (Å²) >= 11 is 0. The van der Waals surface area contributed by atoms with E-state index >= 15 is 0 Å². The SMILES string of the molecule is CCNC(=NCc1cccc(OC)c1)NCCc1c(C)noc1C. The first-order valence-electron chi connectivity index (χ1n) is 8.21. The molecule has 1 aromatic heterocycles. The molecule has 24 heavy (non-hydrogen) atoms. The number of nitrogens with one attached hydrogen (secondary N) is 2. The van der Waals surface area contributed by atoms with Crippen LogP contribution < -0.4 is 15.4 Å². The van der Waals surface area contributed by atoms with E-state index in [1.54, 1.807) is 7.11 Å². The summed E-state index contributed by atoms with van der Waals surface area (Å²) in [5.74, 6) is 2.53. The van der Waals surface area contributed by atoms with Crippen LogP contribution >= 0.6 is 0 Å². The molecule has 0 aliphatic carbocycles. The highest BCUT2D eigenvalue weighted by molar-refractivity contribution is 5.79. The van der Waals surface area contributed by atoms with Crippen LogP contribution in [-0.4, -0.2) is 31.3 Å². The highest BCUT2D eigenvalue weighted by Crippen LogP contribution is 2.13. The number of rotatable bonds is 7. The maximum atomic E-state index is 5.24. The molecule has 0 spiro atoms. The van der Waals surface area contributed by atoms with Crippen molar-refractivity contribution < 1.29 is 9.26 Å². The lowest BCUT2D eigenvalue weighted by Gasteiger charge is -2.11. The minimum absolute atomic E-state index is 0.595. The van der Waals surface area contributed by atoms with E-state index in [4.69, 9.17) is 9.26 Å². The van der Waals surface area contributed by atoms with E-state index in [0.29, 0.717) is 6.54 Å². The second-order valence-corrected chi connectivity index (χ2v) is 5.53. The first-order chi connectivity index (χ1) is 11.6. The van der Waals surface area contributed by atoms with Gasteiger partial charge in [0, 0.05) is 18.7 Å². The van der Waals surface area contributed by atoms with Gasteiger partial charge in [0.1, 0.15) is 11.5 Å². The van der Waals surface area contributed by atoms with Crippen molar-refractivity contribution in [2.24, 2.45) is 4.99 Å². The van der Waals surface area contributed by atoms with Gasteiger partial charge >= 0.3 is 0 Å². The maximum absolute atomic E-state index is 5.24. The molecule has 0 amide bonds. The lowest BCUT2D eigenvalue weighted by Crippen LogP contribution is -2.38. The van der Waals surface area contributed by atoms with Gasteiger partial charge in [0.2, 0.25) is 0 Å². The Balaban J connectivity index is 1.93. The van der Waals surface area contributed by atoms with Crippen molar-refractivity contribution in [2.45, 2.75) is 33.7 Å². The number of aliphatic imine (C=N–C) groups is 1. The fourth-order valence-electron chi connectivity index (χ4n) is 2.45. The zero-order valence-corrected chi connectivity index (χ0v) is 14.8. The highest BCUT2D eigenvalue weighted by Gasteiger charge is 2.08. The molecule has 2 aromatic rings. The second-order valence-electron chi connectivity index (χ2n) is 5.53.